The zero-order valence-electron chi connectivity index (χ0n) is 15.4. The van der Waals surface area contributed by atoms with E-state index in [4.69, 9.17) is 0 Å². The molecule has 0 saturated carbocycles. The van der Waals surface area contributed by atoms with E-state index in [1.807, 2.05) is 74.5 Å². The molecule has 0 bridgehead atoms. The van der Waals surface area contributed by atoms with E-state index in [0.717, 1.165) is 22.6 Å². The lowest BCUT2D eigenvalue weighted by Crippen LogP contribution is -2.34. The second-order valence-corrected chi connectivity index (χ2v) is 6.34. The maximum absolute atomic E-state index is 12.3. The second-order valence-electron chi connectivity index (χ2n) is 6.34. The van der Waals surface area contributed by atoms with Gasteiger partial charge in [-0.3, -0.25) is 9.59 Å². The van der Waals surface area contributed by atoms with Crippen molar-refractivity contribution in [3.63, 3.8) is 0 Å². The van der Waals surface area contributed by atoms with Gasteiger partial charge in [-0.05, 0) is 37.6 Å². The van der Waals surface area contributed by atoms with Crippen LogP contribution in [0.2, 0.25) is 0 Å². The van der Waals surface area contributed by atoms with Gasteiger partial charge in [-0.2, -0.15) is 5.10 Å². The minimum atomic E-state index is -0.287. The third-order valence-corrected chi connectivity index (χ3v) is 4.07. The Balaban J connectivity index is 1.62. The number of hydrogen-bond donors (Lipinski definition) is 2. The van der Waals surface area contributed by atoms with E-state index < -0.39 is 0 Å². The average molecular weight is 362 g/mol. The molecule has 6 nitrogen and oxygen atoms in total. The Kier molecular flexibility index (Phi) is 5.66. The standard InChI is InChI=1S/C21H22N4O2/c1-15-12-16(2)25(24-15)19-11-7-6-10-18(19)23-21(27)14-22-20(26)13-17-8-4-3-5-9-17/h3-12H,13-14H2,1-2H3,(H,22,26)(H,23,27). The summed E-state index contributed by atoms with van der Waals surface area (Å²) >= 11 is 0. The van der Waals surface area contributed by atoms with Crippen LogP contribution in [0, 0.1) is 13.8 Å². The molecule has 0 atom stereocenters. The molecule has 6 heteroatoms. The lowest BCUT2D eigenvalue weighted by atomic mass is 10.1. The van der Waals surface area contributed by atoms with Gasteiger partial charge in [-0.15, -0.1) is 0 Å². The van der Waals surface area contributed by atoms with Gasteiger partial charge in [0.15, 0.2) is 0 Å². The number of benzene rings is 2. The molecular formula is C21H22N4O2. The fourth-order valence-electron chi connectivity index (χ4n) is 2.85. The van der Waals surface area contributed by atoms with Gasteiger partial charge in [0.25, 0.3) is 0 Å². The number of nitrogens with zero attached hydrogens (tertiary/aromatic N) is 2. The van der Waals surface area contributed by atoms with E-state index in [2.05, 4.69) is 15.7 Å². The zero-order valence-corrected chi connectivity index (χ0v) is 15.4. The summed E-state index contributed by atoms with van der Waals surface area (Å²) in [5.41, 5.74) is 4.22. The molecule has 0 aliphatic heterocycles. The summed E-state index contributed by atoms with van der Waals surface area (Å²) in [6, 6.07) is 18.8. The summed E-state index contributed by atoms with van der Waals surface area (Å²) in [6.45, 7) is 3.80. The third-order valence-electron chi connectivity index (χ3n) is 4.07. The highest BCUT2D eigenvalue weighted by Gasteiger charge is 2.12. The Morgan fingerprint density at radius 2 is 1.67 bits per heavy atom. The monoisotopic (exact) mass is 362 g/mol. The highest BCUT2D eigenvalue weighted by atomic mass is 16.2. The van der Waals surface area contributed by atoms with Gasteiger partial charge in [-0.25, -0.2) is 4.68 Å². The van der Waals surface area contributed by atoms with Crippen LogP contribution >= 0.6 is 0 Å². The van der Waals surface area contributed by atoms with Crippen molar-refractivity contribution in [1.82, 2.24) is 15.1 Å². The minimum Gasteiger partial charge on any atom is -0.347 e. The van der Waals surface area contributed by atoms with Crippen LogP contribution in [0.5, 0.6) is 0 Å². The normalized spacial score (nSPS) is 10.4. The van der Waals surface area contributed by atoms with Crippen molar-refractivity contribution in [2.75, 3.05) is 11.9 Å². The van der Waals surface area contributed by atoms with Gasteiger partial charge in [0, 0.05) is 5.69 Å². The SMILES string of the molecule is Cc1cc(C)n(-c2ccccc2NC(=O)CNC(=O)Cc2ccccc2)n1. The quantitative estimate of drug-likeness (QED) is 0.708. The maximum Gasteiger partial charge on any atom is 0.243 e. The van der Waals surface area contributed by atoms with Gasteiger partial charge in [-0.1, -0.05) is 42.5 Å². The van der Waals surface area contributed by atoms with Crippen molar-refractivity contribution in [3.05, 3.63) is 77.6 Å². The highest BCUT2D eigenvalue weighted by Crippen LogP contribution is 2.21. The van der Waals surface area contributed by atoms with E-state index in [0.29, 0.717) is 5.69 Å². The van der Waals surface area contributed by atoms with Crippen molar-refractivity contribution in [3.8, 4) is 5.69 Å². The Morgan fingerprint density at radius 1 is 0.963 bits per heavy atom. The molecule has 0 saturated heterocycles. The zero-order chi connectivity index (χ0) is 19.2. The number of nitrogens with one attached hydrogen (secondary N) is 2. The fourth-order valence-corrected chi connectivity index (χ4v) is 2.85. The molecule has 0 fully saturated rings. The lowest BCUT2D eigenvalue weighted by Gasteiger charge is -2.13. The molecule has 3 aromatic rings. The average Bonchev–Trinajstić information content (AvgIpc) is 2.99. The summed E-state index contributed by atoms with van der Waals surface area (Å²) in [5.74, 6) is -0.478. The van der Waals surface area contributed by atoms with Gasteiger partial charge in [0.2, 0.25) is 11.8 Å². The number of hydrogen-bond acceptors (Lipinski definition) is 3. The first-order valence-corrected chi connectivity index (χ1v) is 8.76. The van der Waals surface area contributed by atoms with Crippen LogP contribution in [0.15, 0.2) is 60.7 Å². The van der Waals surface area contributed by atoms with Crippen LogP contribution in [-0.2, 0) is 16.0 Å². The molecule has 2 amide bonds. The van der Waals surface area contributed by atoms with Gasteiger partial charge < -0.3 is 10.6 Å². The van der Waals surface area contributed by atoms with Crippen LogP contribution in [0.1, 0.15) is 17.0 Å². The number of para-hydroxylation sites is 2. The molecule has 2 N–H and O–H groups in total. The van der Waals surface area contributed by atoms with E-state index >= 15 is 0 Å². The fraction of sp³-hybridized carbons (Fsp3) is 0.190. The summed E-state index contributed by atoms with van der Waals surface area (Å²) in [7, 11) is 0. The number of rotatable bonds is 6. The van der Waals surface area contributed by atoms with Crippen LogP contribution in [0.25, 0.3) is 5.69 Å². The van der Waals surface area contributed by atoms with Crippen LogP contribution in [0.3, 0.4) is 0 Å². The van der Waals surface area contributed by atoms with Crippen molar-refractivity contribution in [1.29, 1.82) is 0 Å². The summed E-state index contributed by atoms with van der Waals surface area (Å²) in [4.78, 5) is 24.3. The highest BCUT2D eigenvalue weighted by molar-refractivity contribution is 5.96. The van der Waals surface area contributed by atoms with Crippen molar-refractivity contribution >= 4 is 17.5 Å². The number of aromatic nitrogens is 2. The molecule has 0 radical (unpaired) electrons. The van der Waals surface area contributed by atoms with Crippen LogP contribution in [-0.4, -0.2) is 28.1 Å². The van der Waals surface area contributed by atoms with Crippen molar-refractivity contribution in [2.45, 2.75) is 20.3 Å². The Bertz CT molecular complexity index is 948. The maximum atomic E-state index is 12.3. The van der Waals surface area contributed by atoms with Crippen LogP contribution < -0.4 is 10.6 Å². The lowest BCUT2D eigenvalue weighted by molar-refractivity contribution is -0.123. The number of carbonyl (C=O) groups excluding carboxylic acids is 2. The van der Waals surface area contributed by atoms with E-state index in [1.54, 1.807) is 4.68 Å². The van der Waals surface area contributed by atoms with E-state index in [9.17, 15) is 9.59 Å². The molecule has 27 heavy (non-hydrogen) atoms. The first-order valence-electron chi connectivity index (χ1n) is 8.76. The number of carbonyl (C=O) groups is 2. The molecule has 2 aromatic carbocycles. The van der Waals surface area contributed by atoms with Crippen molar-refractivity contribution in [2.24, 2.45) is 0 Å². The molecule has 1 aromatic heterocycles. The van der Waals surface area contributed by atoms with Crippen molar-refractivity contribution < 1.29 is 9.59 Å². The van der Waals surface area contributed by atoms with Gasteiger partial charge in [0.1, 0.15) is 0 Å². The Morgan fingerprint density at radius 3 is 2.37 bits per heavy atom. The topological polar surface area (TPSA) is 76.0 Å². The summed E-state index contributed by atoms with van der Waals surface area (Å²) in [6.07, 6.45) is 0.246. The van der Waals surface area contributed by atoms with Gasteiger partial charge >= 0.3 is 0 Å². The predicted molar refractivity (Wildman–Crippen MR) is 105 cm³/mol. The Labute approximate surface area is 158 Å². The molecule has 138 valence electrons. The van der Waals surface area contributed by atoms with E-state index in [1.165, 1.54) is 0 Å². The Hall–Kier alpha value is -3.41. The summed E-state index contributed by atoms with van der Waals surface area (Å²) < 4.78 is 1.79. The molecule has 0 spiro atoms. The smallest absolute Gasteiger partial charge is 0.243 e. The third kappa shape index (κ3) is 4.82. The molecule has 0 unspecified atom stereocenters. The minimum absolute atomic E-state index is 0.0862. The first-order chi connectivity index (χ1) is 13.0. The molecule has 1 heterocycles. The first kappa shape index (κ1) is 18.4. The molecule has 0 aliphatic rings. The number of amides is 2. The van der Waals surface area contributed by atoms with Crippen LogP contribution in [0.4, 0.5) is 5.69 Å². The van der Waals surface area contributed by atoms with Gasteiger partial charge in [0.05, 0.1) is 30.0 Å². The largest absolute Gasteiger partial charge is 0.347 e. The molecule has 3 rings (SSSR count). The molecule has 0 aliphatic carbocycles. The molecular weight excluding hydrogens is 340 g/mol. The van der Waals surface area contributed by atoms with E-state index in [-0.39, 0.29) is 24.8 Å². The summed E-state index contributed by atoms with van der Waals surface area (Å²) in [5, 5.41) is 9.97. The second kappa shape index (κ2) is 8.31. The predicted octanol–water partition coefficient (Wildman–Crippen LogP) is 2.79. The number of aryl methyl sites for hydroxylation is 2. The number of anilines is 1.